The Morgan fingerprint density at radius 3 is 2.85 bits per heavy atom. The molecule has 2 N–H and O–H groups in total. The lowest BCUT2D eigenvalue weighted by Gasteiger charge is -2.20. The molecule has 1 unspecified atom stereocenters. The number of ketones is 1. The van der Waals surface area contributed by atoms with Crippen LogP contribution in [0.2, 0.25) is 0 Å². The number of aryl methyl sites for hydroxylation is 1. The highest BCUT2D eigenvalue weighted by molar-refractivity contribution is 6.07. The summed E-state index contributed by atoms with van der Waals surface area (Å²) in [6.07, 6.45) is 2.19. The van der Waals surface area contributed by atoms with Crippen molar-refractivity contribution in [3.05, 3.63) is 41.6 Å². The number of H-pyrrole nitrogens is 1. The summed E-state index contributed by atoms with van der Waals surface area (Å²) in [6, 6.07) is 7.75. The minimum Gasteiger partial charge on any atom is -0.481 e. The van der Waals surface area contributed by atoms with Gasteiger partial charge in [0, 0.05) is 28.6 Å². The van der Waals surface area contributed by atoms with E-state index in [0.29, 0.717) is 18.4 Å². The summed E-state index contributed by atoms with van der Waals surface area (Å²) in [5, 5.41) is 10.4. The number of para-hydroxylation sites is 1. The molecule has 1 aromatic carbocycles. The number of hydrogen-bond acceptors (Lipinski definition) is 2. The lowest BCUT2D eigenvalue weighted by atomic mass is 9.82. The summed E-state index contributed by atoms with van der Waals surface area (Å²) in [5.41, 5.74) is 3.35. The first-order valence-corrected chi connectivity index (χ1v) is 6.63. The Morgan fingerprint density at radius 1 is 1.35 bits per heavy atom. The summed E-state index contributed by atoms with van der Waals surface area (Å²) in [7, 11) is 0. The lowest BCUT2D eigenvalue weighted by Crippen LogP contribution is -2.21. The second-order valence-electron chi connectivity index (χ2n) is 5.17. The molecule has 0 bridgehead atoms. The molecule has 3 rings (SSSR count). The van der Waals surface area contributed by atoms with Crippen LogP contribution in [0.5, 0.6) is 0 Å². The highest BCUT2D eigenvalue weighted by Crippen LogP contribution is 2.37. The maximum atomic E-state index is 11.7. The highest BCUT2D eigenvalue weighted by atomic mass is 16.4. The Labute approximate surface area is 116 Å². The van der Waals surface area contributed by atoms with Crippen molar-refractivity contribution in [1.82, 2.24) is 4.98 Å². The third-order valence-corrected chi connectivity index (χ3v) is 3.85. The highest BCUT2D eigenvalue weighted by Gasteiger charge is 2.30. The van der Waals surface area contributed by atoms with Crippen molar-refractivity contribution in [3.8, 4) is 0 Å². The van der Waals surface area contributed by atoms with Crippen LogP contribution in [0.4, 0.5) is 0 Å². The van der Waals surface area contributed by atoms with E-state index in [4.69, 9.17) is 0 Å². The van der Waals surface area contributed by atoms with Gasteiger partial charge in [-0.1, -0.05) is 18.2 Å². The van der Waals surface area contributed by atoms with Crippen LogP contribution in [0, 0.1) is 12.8 Å². The van der Waals surface area contributed by atoms with Crippen LogP contribution in [-0.4, -0.2) is 21.8 Å². The molecule has 1 heterocycles. The smallest absolute Gasteiger partial charge is 0.311 e. The Bertz CT molecular complexity index is 739. The van der Waals surface area contributed by atoms with E-state index in [0.717, 1.165) is 22.2 Å². The molecule has 0 spiro atoms. The second-order valence-corrected chi connectivity index (χ2v) is 5.17. The van der Waals surface area contributed by atoms with Gasteiger partial charge in [-0.15, -0.1) is 0 Å². The fourth-order valence-electron chi connectivity index (χ4n) is 2.94. The molecular formula is C16H15NO3. The number of aromatic nitrogens is 1. The van der Waals surface area contributed by atoms with Gasteiger partial charge in [-0.3, -0.25) is 9.59 Å². The molecule has 1 aromatic heterocycles. The topological polar surface area (TPSA) is 70.2 Å². The average Bonchev–Trinajstić information content (AvgIpc) is 2.73. The van der Waals surface area contributed by atoms with E-state index >= 15 is 0 Å². The van der Waals surface area contributed by atoms with Gasteiger partial charge in [0.2, 0.25) is 0 Å². The fourth-order valence-corrected chi connectivity index (χ4v) is 2.94. The number of benzene rings is 1. The van der Waals surface area contributed by atoms with Crippen LogP contribution in [0.15, 0.2) is 30.3 Å². The SMILES string of the molecule is Cc1[nH]c2ccccc2c1C1=CC(=O)CCC1C(=O)O. The summed E-state index contributed by atoms with van der Waals surface area (Å²) in [4.78, 5) is 26.4. The molecule has 0 saturated heterocycles. The van der Waals surface area contributed by atoms with E-state index < -0.39 is 11.9 Å². The third kappa shape index (κ3) is 1.93. The van der Waals surface area contributed by atoms with Crippen LogP contribution >= 0.6 is 0 Å². The summed E-state index contributed by atoms with van der Waals surface area (Å²) in [5.74, 6) is -1.47. The fraction of sp³-hybridized carbons (Fsp3) is 0.250. The second kappa shape index (κ2) is 4.63. The van der Waals surface area contributed by atoms with E-state index in [9.17, 15) is 14.7 Å². The molecule has 20 heavy (non-hydrogen) atoms. The van der Waals surface area contributed by atoms with Crippen LogP contribution in [0.1, 0.15) is 24.1 Å². The Kier molecular flexibility index (Phi) is 2.93. The van der Waals surface area contributed by atoms with E-state index in [-0.39, 0.29) is 5.78 Å². The van der Waals surface area contributed by atoms with Crippen molar-refractivity contribution in [2.75, 3.05) is 0 Å². The molecule has 0 saturated carbocycles. The van der Waals surface area contributed by atoms with Crippen molar-refractivity contribution in [3.63, 3.8) is 0 Å². The van der Waals surface area contributed by atoms with Crippen LogP contribution in [0.3, 0.4) is 0 Å². The lowest BCUT2D eigenvalue weighted by molar-refractivity contribution is -0.140. The van der Waals surface area contributed by atoms with Crippen molar-refractivity contribution in [2.24, 2.45) is 5.92 Å². The maximum Gasteiger partial charge on any atom is 0.311 e. The number of carboxylic acid groups (broad SMARTS) is 1. The molecule has 4 nitrogen and oxygen atoms in total. The normalized spacial score (nSPS) is 19.1. The Hall–Kier alpha value is -2.36. The third-order valence-electron chi connectivity index (χ3n) is 3.85. The van der Waals surface area contributed by atoms with Gasteiger partial charge in [0.05, 0.1) is 5.92 Å². The zero-order valence-electron chi connectivity index (χ0n) is 11.1. The van der Waals surface area contributed by atoms with Gasteiger partial charge in [0.1, 0.15) is 0 Å². The summed E-state index contributed by atoms with van der Waals surface area (Å²) < 4.78 is 0. The van der Waals surface area contributed by atoms with Crippen LogP contribution in [-0.2, 0) is 9.59 Å². The number of fused-ring (bicyclic) bond motifs is 1. The zero-order chi connectivity index (χ0) is 14.3. The molecule has 2 aromatic rings. The Balaban J connectivity index is 2.24. The number of allylic oxidation sites excluding steroid dienone is 1. The summed E-state index contributed by atoms with van der Waals surface area (Å²) in [6.45, 7) is 1.91. The number of rotatable bonds is 2. The standard InChI is InChI=1S/C16H15NO3/c1-9-15(12-4-2-3-5-14(12)17-9)13-8-10(18)6-7-11(13)16(19)20/h2-5,8,11,17H,6-7H2,1H3,(H,19,20). The molecule has 4 heteroatoms. The maximum absolute atomic E-state index is 11.7. The van der Waals surface area contributed by atoms with E-state index in [1.807, 2.05) is 31.2 Å². The van der Waals surface area contributed by atoms with Crippen molar-refractivity contribution < 1.29 is 14.7 Å². The Morgan fingerprint density at radius 2 is 2.10 bits per heavy atom. The number of hydrogen-bond donors (Lipinski definition) is 2. The quantitative estimate of drug-likeness (QED) is 0.880. The van der Waals surface area contributed by atoms with Crippen molar-refractivity contribution in [1.29, 1.82) is 0 Å². The zero-order valence-corrected chi connectivity index (χ0v) is 11.1. The first-order valence-electron chi connectivity index (χ1n) is 6.63. The number of carboxylic acids is 1. The molecule has 1 aliphatic carbocycles. The van der Waals surface area contributed by atoms with Gasteiger partial charge in [-0.25, -0.2) is 0 Å². The molecule has 0 radical (unpaired) electrons. The van der Waals surface area contributed by atoms with Crippen molar-refractivity contribution in [2.45, 2.75) is 19.8 Å². The van der Waals surface area contributed by atoms with Gasteiger partial charge in [-0.2, -0.15) is 0 Å². The first-order chi connectivity index (χ1) is 9.58. The predicted octanol–water partition coefficient (Wildman–Crippen LogP) is 2.92. The first kappa shape index (κ1) is 12.7. The molecule has 0 amide bonds. The van der Waals surface area contributed by atoms with E-state index in [2.05, 4.69) is 4.98 Å². The number of aliphatic carboxylic acids is 1. The molecule has 0 fully saturated rings. The van der Waals surface area contributed by atoms with Gasteiger partial charge in [0.15, 0.2) is 5.78 Å². The number of carbonyl (C=O) groups is 2. The monoisotopic (exact) mass is 269 g/mol. The number of aromatic amines is 1. The molecule has 102 valence electrons. The van der Waals surface area contributed by atoms with Gasteiger partial charge in [0.25, 0.3) is 0 Å². The minimum atomic E-state index is -0.867. The minimum absolute atomic E-state index is 0.00202. The van der Waals surface area contributed by atoms with Crippen LogP contribution in [0.25, 0.3) is 16.5 Å². The molecule has 1 atom stereocenters. The van der Waals surface area contributed by atoms with Gasteiger partial charge in [-0.05, 0) is 31.1 Å². The van der Waals surface area contributed by atoms with Gasteiger partial charge >= 0.3 is 5.97 Å². The van der Waals surface area contributed by atoms with E-state index in [1.165, 1.54) is 6.08 Å². The molecule has 0 aliphatic heterocycles. The number of carbonyl (C=O) groups excluding carboxylic acids is 1. The number of nitrogens with one attached hydrogen (secondary N) is 1. The molecule has 1 aliphatic rings. The average molecular weight is 269 g/mol. The summed E-state index contributed by atoms with van der Waals surface area (Å²) >= 11 is 0. The van der Waals surface area contributed by atoms with Crippen molar-refractivity contribution >= 4 is 28.2 Å². The van der Waals surface area contributed by atoms with Crippen LogP contribution < -0.4 is 0 Å². The largest absolute Gasteiger partial charge is 0.481 e. The van der Waals surface area contributed by atoms with E-state index in [1.54, 1.807) is 0 Å². The predicted molar refractivity (Wildman–Crippen MR) is 76.4 cm³/mol. The molecular weight excluding hydrogens is 254 g/mol. The van der Waals surface area contributed by atoms with Gasteiger partial charge < -0.3 is 10.1 Å².